The van der Waals surface area contributed by atoms with Gasteiger partial charge in [0.15, 0.2) is 0 Å². The normalized spacial score (nSPS) is 24.3. The molecule has 4 heterocycles. The molecule has 4 saturated carbocycles. The largest absolute Gasteiger partial charge is 0.360 e. The molecule has 0 spiro atoms. The van der Waals surface area contributed by atoms with E-state index in [1.807, 2.05) is 60.9 Å². The molecule has 4 aliphatic rings. The van der Waals surface area contributed by atoms with Crippen LogP contribution >= 0.6 is 35.6 Å². The summed E-state index contributed by atoms with van der Waals surface area (Å²) in [6.07, 6.45) is 13.1. The number of para-hydroxylation sites is 2. The first-order chi connectivity index (χ1) is 31.8. The molecule has 19 heteroatoms. The van der Waals surface area contributed by atoms with Gasteiger partial charge in [-0.15, -0.1) is 12.4 Å². The zero-order valence-electron chi connectivity index (χ0n) is 36.6. The van der Waals surface area contributed by atoms with Gasteiger partial charge in [-0.1, -0.05) is 59.6 Å². The van der Waals surface area contributed by atoms with Gasteiger partial charge in [-0.05, 0) is 76.3 Å². The first-order valence-electron chi connectivity index (χ1n) is 22.8. The molecule has 6 aromatic rings. The van der Waals surface area contributed by atoms with Crippen LogP contribution in [-0.2, 0) is 9.59 Å². The number of alkyl halides is 4. The van der Waals surface area contributed by atoms with Crippen molar-refractivity contribution in [2.75, 3.05) is 10.6 Å². The average molecular weight is 984 g/mol. The van der Waals surface area contributed by atoms with E-state index in [0.717, 1.165) is 71.5 Å². The van der Waals surface area contributed by atoms with Gasteiger partial charge >= 0.3 is 0 Å². The van der Waals surface area contributed by atoms with Gasteiger partial charge < -0.3 is 31.2 Å². The standard InChI is InChI=1S/2C24H26ClF2N5O.ClH/c2*25-19-13-29-23(32-21(19)18-12-28-20-7-2-1-6-17(18)20)31-16-5-3-4-15(10-16)30-22(33)14-8-9-24(26,27)11-14;/h2*1-2,6-7,12-16,28H,3-5,8-11H2,(H,30,33)(H,29,31,32);1H/t2*14-,15+,16-;/m11./s1. The summed E-state index contributed by atoms with van der Waals surface area (Å²) in [6.45, 7) is 0. The minimum Gasteiger partial charge on any atom is -0.360 e. The van der Waals surface area contributed by atoms with Crippen LogP contribution in [0.15, 0.2) is 73.3 Å². The minimum absolute atomic E-state index is 0. The van der Waals surface area contributed by atoms with Gasteiger partial charge in [0.25, 0.3) is 0 Å². The summed E-state index contributed by atoms with van der Waals surface area (Å²) in [5.41, 5.74) is 5.11. The Morgan fingerprint density at radius 3 is 1.40 bits per heavy atom. The van der Waals surface area contributed by atoms with Gasteiger partial charge in [-0.25, -0.2) is 37.5 Å². The van der Waals surface area contributed by atoms with Gasteiger partial charge in [0.1, 0.15) is 0 Å². The molecule has 4 aromatic heterocycles. The quantitative estimate of drug-likeness (QED) is 0.0738. The molecule has 0 saturated heterocycles. The van der Waals surface area contributed by atoms with Gasteiger partial charge in [0, 0.05) is 107 Å². The molecule has 67 heavy (non-hydrogen) atoms. The molecular weight excluding hydrogens is 931 g/mol. The number of H-pyrrole nitrogens is 2. The van der Waals surface area contributed by atoms with Gasteiger partial charge in [0.05, 0.1) is 33.8 Å². The van der Waals surface area contributed by atoms with Crippen LogP contribution in [0.4, 0.5) is 29.5 Å². The Morgan fingerprint density at radius 1 is 0.597 bits per heavy atom. The van der Waals surface area contributed by atoms with E-state index in [9.17, 15) is 27.2 Å². The van der Waals surface area contributed by atoms with Crippen molar-refractivity contribution in [3.63, 3.8) is 0 Å². The summed E-state index contributed by atoms with van der Waals surface area (Å²) in [7, 11) is 0. The van der Waals surface area contributed by atoms with E-state index in [-0.39, 0.29) is 86.9 Å². The summed E-state index contributed by atoms with van der Waals surface area (Å²) in [5, 5.41) is 15.8. The first-order valence-corrected chi connectivity index (χ1v) is 23.6. The highest BCUT2D eigenvalue weighted by molar-refractivity contribution is 6.33. The molecule has 12 nitrogen and oxygen atoms in total. The van der Waals surface area contributed by atoms with Crippen molar-refractivity contribution in [1.29, 1.82) is 0 Å². The highest BCUT2D eigenvalue weighted by Gasteiger charge is 2.44. The van der Waals surface area contributed by atoms with Crippen LogP contribution < -0.4 is 21.3 Å². The number of hydrogen-bond donors (Lipinski definition) is 6. The predicted molar refractivity (Wildman–Crippen MR) is 256 cm³/mol. The van der Waals surface area contributed by atoms with Crippen molar-refractivity contribution in [3.8, 4) is 22.5 Å². The Labute approximate surface area is 401 Å². The van der Waals surface area contributed by atoms with E-state index in [0.29, 0.717) is 46.2 Å². The van der Waals surface area contributed by atoms with Crippen molar-refractivity contribution in [2.45, 2.75) is 126 Å². The summed E-state index contributed by atoms with van der Waals surface area (Å²) in [6, 6.07) is 16.0. The summed E-state index contributed by atoms with van der Waals surface area (Å²) in [5.74, 6) is -6.15. The number of carbonyl (C=O) groups is 2. The number of aromatic nitrogens is 6. The highest BCUT2D eigenvalue weighted by atomic mass is 35.5. The summed E-state index contributed by atoms with van der Waals surface area (Å²) >= 11 is 12.9. The smallest absolute Gasteiger partial charge is 0.248 e. The lowest BCUT2D eigenvalue weighted by molar-refractivity contribution is -0.127. The van der Waals surface area contributed by atoms with Crippen molar-refractivity contribution in [1.82, 2.24) is 40.5 Å². The van der Waals surface area contributed by atoms with Gasteiger partial charge in [-0.2, -0.15) is 0 Å². The second-order valence-corrected chi connectivity index (χ2v) is 19.1. The topological polar surface area (TPSA) is 165 Å². The van der Waals surface area contributed by atoms with Crippen LogP contribution in [-0.4, -0.2) is 77.7 Å². The number of amides is 2. The fourth-order valence-electron chi connectivity index (χ4n) is 10.0. The second kappa shape index (κ2) is 20.6. The molecule has 0 radical (unpaired) electrons. The molecule has 2 amide bonds. The Bertz CT molecular complexity index is 2520. The summed E-state index contributed by atoms with van der Waals surface area (Å²) < 4.78 is 53.9. The van der Waals surface area contributed by atoms with E-state index < -0.39 is 23.7 Å². The molecule has 4 fully saturated rings. The molecule has 0 bridgehead atoms. The number of nitrogens with zero attached hydrogens (tertiary/aromatic N) is 4. The van der Waals surface area contributed by atoms with Crippen molar-refractivity contribution in [2.24, 2.45) is 11.8 Å². The molecule has 356 valence electrons. The number of hydrogen-bond acceptors (Lipinski definition) is 8. The second-order valence-electron chi connectivity index (χ2n) is 18.3. The van der Waals surface area contributed by atoms with E-state index in [2.05, 4.69) is 51.2 Å². The monoisotopic (exact) mass is 982 g/mol. The van der Waals surface area contributed by atoms with Crippen LogP contribution in [0.3, 0.4) is 0 Å². The van der Waals surface area contributed by atoms with Gasteiger partial charge in [0.2, 0.25) is 35.6 Å². The third-order valence-corrected chi connectivity index (χ3v) is 14.0. The highest BCUT2D eigenvalue weighted by Crippen LogP contribution is 2.41. The summed E-state index contributed by atoms with van der Waals surface area (Å²) in [4.78, 5) is 49.5. The van der Waals surface area contributed by atoms with Crippen molar-refractivity contribution in [3.05, 3.63) is 83.4 Å². The maximum Gasteiger partial charge on any atom is 0.248 e. The molecule has 4 aliphatic carbocycles. The lowest BCUT2D eigenvalue weighted by Gasteiger charge is -2.31. The molecule has 6 atom stereocenters. The molecular formula is C48H53Cl3F4N10O2. The van der Waals surface area contributed by atoms with Crippen LogP contribution in [0.2, 0.25) is 10.0 Å². The molecule has 2 aromatic carbocycles. The Kier molecular flexibility index (Phi) is 14.8. The average Bonchev–Trinajstić information content (AvgIpc) is 4.10. The Hall–Kier alpha value is -5.19. The number of halogens is 7. The number of anilines is 2. The Morgan fingerprint density at radius 2 is 1.00 bits per heavy atom. The van der Waals surface area contributed by atoms with E-state index in [1.54, 1.807) is 12.4 Å². The van der Waals surface area contributed by atoms with E-state index >= 15 is 0 Å². The SMILES string of the molecule is Cl.O=C(N[C@H]1CCC[C@@H](Nc2ncc(Cl)c(-c3c[nH]c4ccccc34)n2)C1)[C@@H]1CCC(F)(F)C1.O=C(N[C@H]1CCC[C@@H](Nc2ncc(Cl)c(-c3c[nH]c4ccccc34)n2)C1)[C@@H]1CCC(F)(F)C1. The maximum absolute atomic E-state index is 13.5. The van der Waals surface area contributed by atoms with Crippen molar-refractivity contribution >= 4 is 81.1 Å². The number of nitrogens with one attached hydrogen (secondary N) is 6. The zero-order chi connectivity index (χ0) is 46.0. The first kappa shape index (κ1) is 48.3. The van der Waals surface area contributed by atoms with E-state index in [1.165, 1.54) is 0 Å². The zero-order valence-corrected chi connectivity index (χ0v) is 38.9. The van der Waals surface area contributed by atoms with Crippen LogP contribution in [0.5, 0.6) is 0 Å². The fraction of sp³-hybridized carbons (Fsp3) is 0.458. The lowest BCUT2D eigenvalue weighted by Crippen LogP contribution is -2.44. The molecule has 0 aliphatic heterocycles. The van der Waals surface area contributed by atoms with Crippen molar-refractivity contribution < 1.29 is 27.2 Å². The third kappa shape index (κ3) is 11.6. The third-order valence-electron chi connectivity index (χ3n) is 13.4. The Balaban J connectivity index is 0.000000179. The molecule has 6 N–H and O–H groups in total. The lowest BCUT2D eigenvalue weighted by atomic mass is 9.90. The minimum atomic E-state index is -2.72. The number of benzene rings is 2. The van der Waals surface area contributed by atoms with Crippen LogP contribution in [0.25, 0.3) is 44.3 Å². The maximum atomic E-state index is 13.5. The van der Waals surface area contributed by atoms with Gasteiger partial charge in [-0.3, -0.25) is 9.59 Å². The molecule has 10 rings (SSSR count). The van der Waals surface area contributed by atoms with E-state index in [4.69, 9.17) is 23.2 Å². The number of carbonyl (C=O) groups excluding carboxylic acids is 2. The molecule has 0 unspecified atom stereocenters. The fourth-order valence-corrected chi connectivity index (χ4v) is 10.4. The number of rotatable bonds is 10. The predicted octanol–water partition coefficient (Wildman–Crippen LogP) is 11.5. The number of fused-ring (bicyclic) bond motifs is 2. The van der Waals surface area contributed by atoms with Crippen LogP contribution in [0, 0.1) is 11.8 Å². The number of aromatic amines is 2. The van der Waals surface area contributed by atoms with Crippen LogP contribution in [0.1, 0.15) is 89.9 Å².